The molecule has 0 fully saturated rings. The number of fused-ring (bicyclic) bond motifs is 4. The summed E-state index contributed by atoms with van der Waals surface area (Å²) in [4.78, 5) is 23.4. The molecule has 0 unspecified atom stereocenters. The number of nitrogens with zero attached hydrogens (tertiary/aromatic N) is 2. The van der Waals surface area contributed by atoms with Crippen molar-refractivity contribution in [2.45, 2.75) is 4.90 Å². The Kier molecular flexibility index (Phi) is 3.92. The Hall–Kier alpha value is -3.37. The van der Waals surface area contributed by atoms with Crippen molar-refractivity contribution >= 4 is 59.1 Å². The zero-order chi connectivity index (χ0) is 21.2. The van der Waals surface area contributed by atoms with Crippen molar-refractivity contribution in [2.75, 3.05) is 4.72 Å². The fourth-order valence-corrected chi connectivity index (χ4v) is 5.46. The molecule has 0 aliphatic rings. The molecule has 8 nitrogen and oxygen atoms in total. The van der Waals surface area contributed by atoms with Gasteiger partial charge in [0, 0.05) is 24.9 Å². The summed E-state index contributed by atoms with van der Waals surface area (Å²) in [6, 6.07) is 13.2. The highest BCUT2D eigenvalue weighted by Crippen LogP contribution is 2.34. The molecule has 0 aliphatic heterocycles. The Morgan fingerprint density at radius 3 is 2.40 bits per heavy atom. The topological polar surface area (TPSA) is 103 Å². The molecule has 0 spiro atoms. The van der Waals surface area contributed by atoms with Crippen LogP contribution in [0.4, 0.5) is 5.69 Å². The summed E-state index contributed by atoms with van der Waals surface area (Å²) in [6.45, 7) is 0. The first kappa shape index (κ1) is 18.6. The second-order valence-electron chi connectivity index (χ2n) is 6.91. The van der Waals surface area contributed by atoms with Crippen molar-refractivity contribution in [2.24, 2.45) is 14.1 Å². The van der Waals surface area contributed by atoms with Gasteiger partial charge in [0.2, 0.25) is 0 Å². The molecule has 30 heavy (non-hydrogen) atoms. The molecule has 0 saturated heterocycles. The predicted molar refractivity (Wildman–Crippen MR) is 117 cm³/mol. The minimum Gasteiger partial charge on any atom is -0.413 e. The van der Waals surface area contributed by atoms with E-state index in [9.17, 15) is 18.0 Å². The number of imidazole rings is 1. The Morgan fingerprint density at radius 1 is 0.933 bits per heavy atom. The first-order valence-corrected chi connectivity index (χ1v) is 11.2. The predicted octanol–water partition coefficient (Wildman–Crippen LogP) is 3.00. The Morgan fingerprint density at radius 2 is 1.63 bits per heavy atom. The number of hydrogen-bond donors (Lipinski definition) is 1. The van der Waals surface area contributed by atoms with Crippen LogP contribution in [0.15, 0.2) is 67.4 Å². The summed E-state index contributed by atoms with van der Waals surface area (Å²) >= 11 is 0.913. The first-order chi connectivity index (χ1) is 14.3. The second-order valence-corrected chi connectivity index (χ2v) is 9.57. The van der Waals surface area contributed by atoms with Gasteiger partial charge >= 0.3 is 10.6 Å². The van der Waals surface area contributed by atoms with Crippen LogP contribution in [0.3, 0.4) is 0 Å². The maximum absolute atomic E-state index is 13.1. The van der Waals surface area contributed by atoms with Gasteiger partial charge in [-0.25, -0.2) is 18.0 Å². The smallest absolute Gasteiger partial charge is 0.396 e. The third-order valence-corrected chi connectivity index (χ3v) is 7.27. The molecule has 0 saturated carbocycles. The van der Waals surface area contributed by atoms with Crippen LogP contribution in [-0.4, -0.2) is 17.6 Å². The van der Waals surface area contributed by atoms with Crippen LogP contribution >= 0.6 is 11.3 Å². The molecular weight excluding hydrogens is 426 g/mol. The van der Waals surface area contributed by atoms with E-state index in [2.05, 4.69) is 4.72 Å². The van der Waals surface area contributed by atoms with E-state index in [0.717, 1.165) is 11.3 Å². The van der Waals surface area contributed by atoms with Crippen molar-refractivity contribution < 1.29 is 12.8 Å². The van der Waals surface area contributed by atoms with E-state index in [4.69, 9.17) is 4.42 Å². The minimum absolute atomic E-state index is 0.0285. The summed E-state index contributed by atoms with van der Waals surface area (Å²) in [5.74, 6) is 0. The van der Waals surface area contributed by atoms with Crippen molar-refractivity contribution in [1.82, 2.24) is 9.13 Å². The molecule has 5 aromatic rings. The largest absolute Gasteiger partial charge is 0.413 e. The van der Waals surface area contributed by atoms with E-state index < -0.39 is 15.0 Å². The van der Waals surface area contributed by atoms with Crippen molar-refractivity contribution in [3.05, 3.63) is 68.7 Å². The molecule has 3 aromatic carbocycles. The number of anilines is 1. The molecule has 152 valence electrons. The van der Waals surface area contributed by atoms with E-state index in [1.54, 1.807) is 50.5 Å². The molecule has 5 rings (SSSR count). The molecule has 1 N–H and O–H groups in total. The number of rotatable bonds is 3. The van der Waals surface area contributed by atoms with E-state index in [0.29, 0.717) is 37.8 Å². The first-order valence-electron chi connectivity index (χ1n) is 8.90. The van der Waals surface area contributed by atoms with Crippen molar-refractivity contribution in [1.29, 1.82) is 0 Å². The minimum atomic E-state index is -3.96. The standard InChI is InChI=1S/C20H15N3O5S2/c1-22-15-8-7-11(9-16(15)23(2)19(22)24)30(26,27)21-14-10-17-18(28-20(25)29-17)13-6-4-3-5-12(13)14/h3-10,21H,1-2H3. The van der Waals surface area contributed by atoms with Crippen LogP contribution in [0.1, 0.15) is 0 Å². The van der Waals surface area contributed by atoms with Crippen LogP contribution in [0.25, 0.3) is 32.1 Å². The van der Waals surface area contributed by atoms with E-state index in [1.165, 1.54) is 21.3 Å². The number of sulfonamides is 1. The van der Waals surface area contributed by atoms with E-state index in [-0.39, 0.29) is 10.6 Å². The number of aryl methyl sites for hydroxylation is 2. The van der Waals surface area contributed by atoms with Crippen molar-refractivity contribution in [3.63, 3.8) is 0 Å². The number of benzene rings is 3. The van der Waals surface area contributed by atoms with Crippen LogP contribution in [0.2, 0.25) is 0 Å². The summed E-state index contributed by atoms with van der Waals surface area (Å²) in [5, 5.41) is 1.26. The highest BCUT2D eigenvalue weighted by atomic mass is 32.2. The van der Waals surface area contributed by atoms with Gasteiger partial charge in [0.15, 0.2) is 5.58 Å². The normalized spacial score (nSPS) is 12.2. The number of hydrogen-bond acceptors (Lipinski definition) is 6. The van der Waals surface area contributed by atoms with E-state index >= 15 is 0 Å². The monoisotopic (exact) mass is 441 g/mol. The molecule has 0 atom stereocenters. The Labute approximate surface area is 173 Å². The fraction of sp³-hybridized carbons (Fsp3) is 0.100. The maximum Gasteiger partial charge on any atom is 0.396 e. The van der Waals surface area contributed by atoms with Gasteiger partial charge in [-0.05, 0) is 24.3 Å². The van der Waals surface area contributed by atoms with Crippen LogP contribution < -0.4 is 15.4 Å². The summed E-state index contributed by atoms with van der Waals surface area (Å²) in [7, 11) is -0.729. The Balaban J connectivity index is 1.69. The van der Waals surface area contributed by atoms with Gasteiger partial charge in [0.1, 0.15) is 0 Å². The number of nitrogens with one attached hydrogen (secondary N) is 1. The molecule has 0 radical (unpaired) electrons. The highest BCUT2D eigenvalue weighted by molar-refractivity contribution is 7.92. The van der Waals surface area contributed by atoms with E-state index in [1.807, 2.05) is 0 Å². The molecule has 0 bridgehead atoms. The molecular formula is C20H15N3O5S2. The molecule has 2 heterocycles. The molecule has 10 heteroatoms. The van der Waals surface area contributed by atoms with Gasteiger partial charge in [-0.3, -0.25) is 13.9 Å². The zero-order valence-electron chi connectivity index (χ0n) is 15.9. The molecule has 0 aliphatic carbocycles. The SMILES string of the molecule is Cn1c(=O)n(C)c2cc(S(=O)(=O)Nc3cc4sc(=O)oc4c4ccccc34)ccc21. The van der Waals surface area contributed by atoms with Crippen LogP contribution in [0, 0.1) is 0 Å². The molecule has 0 amide bonds. The lowest BCUT2D eigenvalue weighted by molar-refractivity contribution is 0.588. The third kappa shape index (κ3) is 2.68. The maximum atomic E-state index is 13.1. The summed E-state index contributed by atoms with van der Waals surface area (Å²) < 4.78 is 37.6. The number of aromatic nitrogens is 2. The van der Waals surface area contributed by atoms with Crippen LogP contribution in [0.5, 0.6) is 0 Å². The highest BCUT2D eigenvalue weighted by Gasteiger charge is 2.20. The van der Waals surface area contributed by atoms with Gasteiger partial charge in [-0.1, -0.05) is 35.6 Å². The summed E-state index contributed by atoms with van der Waals surface area (Å²) in [6.07, 6.45) is 0. The fourth-order valence-electron chi connectivity index (χ4n) is 3.64. The molecule has 2 aromatic heterocycles. The lowest BCUT2D eigenvalue weighted by atomic mass is 10.1. The average Bonchev–Trinajstić information content (AvgIpc) is 3.20. The van der Waals surface area contributed by atoms with Gasteiger partial charge < -0.3 is 4.42 Å². The summed E-state index contributed by atoms with van der Waals surface area (Å²) in [5.41, 5.74) is 1.69. The second kappa shape index (κ2) is 6.31. The van der Waals surface area contributed by atoms with Crippen LogP contribution in [-0.2, 0) is 24.1 Å². The third-order valence-electron chi connectivity index (χ3n) is 5.14. The lowest BCUT2D eigenvalue weighted by Gasteiger charge is -2.11. The van der Waals surface area contributed by atoms with Crippen molar-refractivity contribution in [3.8, 4) is 0 Å². The lowest BCUT2D eigenvalue weighted by Crippen LogP contribution is -2.19. The van der Waals surface area contributed by atoms with Gasteiger partial charge in [-0.15, -0.1) is 0 Å². The average molecular weight is 441 g/mol. The Bertz CT molecular complexity index is 1700. The van der Waals surface area contributed by atoms with Gasteiger partial charge in [-0.2, -0.15) is 0 Å². The quantitative estimate of drug-likeness (QED) is 0.464. The zero-order valence-corrected chi connectivity index (χ0v) is 17.5. The van der Waals surface area contributed by atoms with Gasteiger partial charge in [0.05, 0.1) is 26.3 Å². The van der Waals surface area contributed by atoms with Gasteiger partial charge in [0.25, 0.3) is 10.0 Å².